The van der Waals surface area contributed by atoms with Crippen LogP contribution in [0.1, 0.15) is 25.3 Å². The Kier molecular flexibility index (Phi) is 5.23. The lowest BCUT2D eigenvalue weighted by molar-refractivity contribution is 0.134. The molecule has 3 heteroatoms. The van der Waals surface area contributed by atoms with Crippen LogP contribution in [0.15, 0.2) is 24.3 Å². The Hall–Kier alpha value is -1.06. The van der Waals surface area contributed by atoms with Gasteiger partial charge in [-0.25, -0.2) is 0 Å². The van der Waals surface area contributed by atoms with Crippen molar-refractivity contribution in [2.75, 3.05) is 26.7 Å². The molecule has 0 spiro atoms. The van der Waals surface area contributed by atoms with Gasteiger partial charge >= 0.3 is 0 Å². The van der Waals surface area contributed by atoms with E-state index >= 15 is 0 Å². The summed E-state index contributed by atoms with van der Waals surface area (Å²) in [7, 11) is 1.71. The molecule has 3 nitrogen and oxygen atoms in total. The van der Waals surface area contributed by atoms with Crippen molar-refractivity contribution in [3.63, 3.8) is 0 Å². The Morgan fingerprint density at radius 1 is 1.37 bits per heavy atom. The molecule has 1 aromatic carbocycles. The van der Waals surface area contributed by atoms with Crippen LogP contribution in [0.4, 0.5) is 0 Å². The molecule has 19 heavy (non-hydrogen) atoms. The Bertz CT molecular complexity index is 377. The molecule has 0 aromatic heterocycles. The second kappa shape index (κ2) is 6.92. The Morgan fingerprint density at radius 2 is 2.11 bits per heavy atom. The molecule has 1 saturated heterocycles. The van der Waals surface area contributed by atoms with Crippen molar-refractivity contribution >= 4 is 0 Å². The smallest absolute Gasteiger partial charge is 0.118 e. The van der Waals surface area contributed by atoms with Gasteiger partial charge in [-0.3, -0.25) is 0 Å². The minimum Gasteiger partial charge on any atom is -0.497 e. The molecule has 0 amide bonds. The van der Waals surface area contributed by atoms with E-state index in [4.69, 9.17) is 10.5 Å². The zero-order valence-electron chi connectivity index (χ0n) is 12.1. The Labute approximate surface area is 116 Å². The topological polar surface area (TPSA) is 38.5 Å². The van der Waals surface area contributed by atoms with E-state index in [0.29, 0.717) is 12.0 Å². The van der Waals surface area contributed by atoms with Crippen molar-refractivity contribution in [3.05, 3.63) is 29.8 Å². The molecular weight excluding hydrogens is 236 g/mol. The van der Waals surface area contributed by atoms with Crippen LogP contribution < -0.4 is 10.5 Å². The first kappa shape index (κ1) is 14.4. The van der Waals surface area contributed by atoms with Gasteiger partial charge in [-0.1, -0.05) is 12.1 Å². The Balaban J connectivity index is 1.90. The maximum atomic E-state index is 5.81. The van der Waals surface area contributed by atoms with Crippen molar-refractivity contribution in [1.82, 2.24) is 4.90 Å². The van der Waals surface area contributed by atoms with Crippen LogP contribution in [0.5, 0.6) is 5.75 Å². The molecule has 0 aliphatic carbocycles. The fraction of sp³-hybridized carbons (Fsp3) is 0.625. The first-order valence-corrected chi connectivity index (χ1v) is 7.30. The fourth-order valence-corrected chi connectivity index (χ4v) is 2.92. The first-order valence-electron chi connectivity index (χ1n) is 7.30. The molecule has 1 fully saturated rings. The summed E-state index contributed by atoms with van der Waals surface area (Å²) < 4.78 is 5.19. The fourth-order valence-electron chi connectivity index (χ4n) is 2.92. The van der Waals surface area contributed by atoms with Crippen LogP contribution in [0.25, 0.3) is 0 Å². The monoisotopic (exact) mass is 262 g/mol. The van der Waals surface area contributed by atoms with Gasteiger partial charge in [-0.15, -0.1) is 0 Å². The molecule has 2 N–H and O–H groups in total. The highest BCUT2D eigenvalue weighted by atomic mass is 16.5. The number of likely N-dealkylation sites (tertiary alicyclic amines) is 1. The number of rotatable bonds is 5. The summed E-state index contributed by atoms with van der Waals surface area (Å²) in [6.07, 6.45) is 3.68. The highest BCUT2D eigenvalue weighted by molar-refractivity contribution is 5.27. The van der Waals surface area contributed by atoms with Gasteiger partial charge in [0.05, 0.1) is 7.11 Å². The summed E-state index contributed by atoms with van der Waals surface area (Å²) in [6, 6.07) is 9.00. The van der Waals surface area contributed by atoms with E-state index in [-0.39, 0.29) is 0 Å². The average molecular weight is 262 g/mol. The van der Waals surface area contributed by atoms with E-state index in [1.165, 1.54) is 24.9 Å². The summed E-state index contributed by atoms with van der Waals surface area (Å²) in [4.78, 5) is 2.59. The molecule has 0 saturated carbocycles. The molecule has 0 radical (unpaired) electrons. The third-order valence-corrected chi connectivity index (χ3v) is 4.20. The number of hydrogen-bond donors (Lipinski definition) is 1. The van der Waals surface area contributed by atoms with Gasteiger partial charge in [0.25, 0.3) is 0 Å². The van der Waals surface area contributed by atoms with Gasteiger partial charge in [-0.05, 0) is 62.9 Å². The van der Waals surface area contributed by atoms with Crippen molar-refractivity contribution in [2.24, 2.45) is 11.7 Å². The number of piperidine rings is 1. The van der Waals surface area contributed by atoms with E-state index < -0.39 is 0 Å². The van der Waals surface area contributed by atoms with Crippen LogP contribution in [-0.2, 0) is 6.42 Å². The quantitative estimate of drug-likeness (QED) is 0.885. The summed E-state index contributed by atoms with van der Waals surface area (Å²) >= 11 is 0. The SMILES string of the molecule is COc1ccc(CC(C)N2CCCC(CN)C2)cc1. The first-order chi connectivity index (χ1) is 9.22. The molecule has 2 rings (SSSR count). The van der Waals surface area contributed by atoms with Crippen LogP contribution in [-0.4, -0.2) is 37.7 Å². The van der Waals surface area contributed by atoms with Crippen molar-refractivity contribution in [1.29, 1.82) is 0 Å². The Morgan fingerprint density at radius 3 is 2.74 bits per heavy atom. The van der Waals surface area contributed by atoms with E-state index in [1.807, 2.05) is 12.1 Å². The van der Waals surface area contributed by atoms with Crippen molar-refractivity contribution < 1.29 is 4.74 Å². The third kappa shape index (κ3) is 3.95. The predicted octanol–water partition coefficient (Wildman–Crippen LogP) is 2.30. The number of nitrogens with zero attached hydrogens (tertiary/aromatic N) is 1. The average Bonchev–Trinajstić information content (AvgIpc) is 2.48. The van der Waals surface area contributed by atoms with Crippen LogP contribution in [0.2, 0.25) is 0 Å². The summed E-state index contributed by atoms with van der Waals surface area (Å²) in [5, 5.41) is 0. The zero-order chi connectivity index (χ0) is 13.7. The third-order valence-electron chi connectivity index (χ3n) is 4.20. The number of benzene rings is 1. The van der Waals surface area contributed by atoms with E-state index in [1.54, 1.807) is 7.11 Å². The molecular formula is C16H26N2O. The summed E-state index contributed by atoms with van der Waals surface area (Å²) in [5.41, 5.74) is 7.19. The number of methoxy groups -OCH3 is 1. The van der Waals surface area contributed by atoms with Crippen molar-refractivity contribution in [3.8, 4) is 5.75 Å². The molecule has 106 valence electrons. The molecule has 2 unspecified atom stereocenters. The molecule has 1 aliphatic rings. The number of hydrogen-bond acceptors (Lipinski definition) is 3. The number of nitrogens with two attached hydrogens (primary N) is 1. The largest absolute Gasteiger partial charge is 0.497 e. The summed E-state index contributed by atoms with van der Waals surface area (Å²) in [5.74, 6) is 1.62. The molecule has 1 aliphatic heterocycles. The maximum Gasteiger partial charge on any atom is 0.118 e. The molecule has 1 heterocycles. The van der Waals surface area contributed by atoms with Crippen molar-refractivity contribution in [2.45, 2.75) is 32.2 Å². The number of ether oxygens (including phenoxy) is 1. The van der Waals surface area contributed by atoms with E-state index in [9.17, 15) is 0 Å². The zero-order valence-corrected chi connectivity index (χ0v) is 12.1. The normalized spacial score (nSPS) is 22.2. The van der Waals surface area contributed by atoms with E-state index in [0.717, 1.165) is 25.3 Å². The van der Waals surface area contributed by atoms with Gasteiger partial charge in [0.1, 0.15) is 5.75 Å². The standard InChI is InChI=1S/C16H26N2O/c1-13(18-9-3-4-15(11-17)12-18)10-14-5-7-16(19-2)8-6-14/h5-8,13,15H,3-4,9-12,17H2,1-2H3. The van der Waals surface area contributed by atoms with Crippen LogP contribution in [0.3, 0.4) is 0 Å². The van der Waals surface area contributed by atoms with Crippen LogP contribution >= 0.6 is 0 Å². The highest BCUT2D eigenvalue weighted by Crippen LogP contribution is 2.20. The molecule has 1 aromatic rings. The minimum atomic E-state index is 0.586. The molecule has 0 bridgehead atoms. The van der Waals surface area contributed by atoms with Gasteiger partial charge < -0.3 is 15.4 Å². The van der Waals surface area contributed by atoms with Crippen LogP contribution in [0, 0.1) is 5.92 Å². The van der Waals surface area contributed by atoms with Gasteiger partial charge in [0.15, 0.2) is 0 Å². The maximum absolute atomic E-state index is 5.81. The second-order valence-electron chi connectivity index (χ2n) is 5.64. The highest BCUT2D eigenvalue weighted by Gasteiger charge is 2.22. The second-order valence-corrected chi connectivity index (χ2v) is 5.64. The van der Waals surface area contributed by atoms with Gasteiger partial charge in [-0.2, -0.15) is 0 Å². The predicted molar refractivity (Wildman–Crippen MR) is 79.5 cm³/mol. The lowest BCUT2D eigenvalue weighted by Gasteiger charge is -2.36. The minimum absolute atomic E-state index is 0.586. The van der Waals surface area contributed by atoms with E-state index in [2.05, 4.69) is 24.0 Å². The van der Waals surface area contributed by atoms with Gasteiger partial charge in [0, 0.05) is 12.6 Å². The summed E-state index contributed by atoms with van der Waals surface area (Å²) in [6.45, 7) is 5.52. The van der Waals surface area contributed by atoms with Gasteiger partial charge in [0.2, 0.25) is 0 Å². The molecule has 2 atom stereocenters. The lowest BCUT2D eigenvalue weighted by atomic mass is 9.95. The lowest BCUT2D eigenvalue weighted by Crippen LogP contribution is -2.44.